The molecule has 1 fully saturated rings. The molecule has 0 spiro atoms. The summed E-state index contributed by atoms with van der Waals surface area (Å²) in [5.41, 5.74) is -0.347. The minimum atomic E-state index is -3.25. The van der Waals surface area contributed by atoms with Crippen LogP contribution in [0.5, 0.6) is 11.6 Å². The molecule has 272 valence electrons. The Hall–Kier alpha value is -5.02. The average molecular weight is 711 g/mol. The van der Waals surface area contributed by atoms with Gasteiger partial charge in [-0.05, 0) is 38.1 Å². The van der Waals surface area contributed by atoms with Crippen LogP contribution in [0.2, 0.25) is 0 Å². The number of pyridine rings is 1. The van der Waals surface area contributed by atoms with E-state index in [1.807, 2.05) is 13.8 Å². The lowest BCUT2D eigenvalue weighted by Gasteiger charge is -2.46. The van der Waals surface area contributed by atoms with Gasteiger partial charge < -0.3 is 49.8 Å². The lowest BCUT2D eigenvalue weighted by molar-refractivity contribution is -0.284. The summed E-state index contributed by atoms with van der Waals surface area (Å²) in [7, 11) is 0. The first-order valence-electron chi connectivity index (χ1n) is 15.0. The maximum atomic E-state index is 14.3. The van der Waals surface area contributed by atoms with E-state index in [0.29, 0.717) is 11.6 Å². The Bertz CT molecular complexity index is 1640. The zero-order chi connectivity index (χ0) is 36.7. The Kier molecular flexibility index (Phi) is 12.2. The van der Waals surface area contributed by atoms with Crippen LogP contribution in [0, 0.1) is 0 Å². The molecular formula is C30H36F2N6O12. The van der Waals surface area contributed by atoms with Gasteiger partial charge in [0.15, 0.2) is 0 Å². The van der Waals surface area contributed by atoms with Crippen molar-refractivity contribution < 1.29 is 67.6 Å². The molecule has 0 bridgehead atoms. The van der Waals surface area contributed by atoms with Crippen LogP contribution in [0.25, 0.3) is 5.69 Å². The van der Waals surface area contributed by atoms with Crippen molar-refractivity contribution >= 4 is 23.7 Å². The molecular weight excluding hydrogens is 674 g/mol. The van der Waals surface area contributed by atoms with E-state index in [1.165, 1.54) is 18.5 Å². The van der Waals surface area contributed by atoms with Crippen LogP contribution in [-0.2, 0) is 25.7 Å². The normalized spacial score (nSPS) is 21.7. The number of alkyl halides is 2. The highest BCUT2D eigenvalue weighted by Gasteiger charge is 2.57. The number of anilines is 1. The zero-order valence-corrected chi connectivity index (χ0v) is 26.8. The van der Waals surface area contributed by atoms with Crippen LogP contribution >= 0.6 is 0 Å². The Balaban J connectivity index is 1.50. The van der Waals surface area contributed by atoms with Crippen molar-refractivity contribution in [2.45, 2.75) is 82.6 Å². The minimum absolute atomic E-state index is 0.0182. The van der Waals surface area contributed by atoms with Crippen molar-refractivity contribution in [3.8, 4) is 17.3 Å². The van der Waals surface area contributed by atoms with Gasteiger partial charge in [-0.25, -0.2) is 28.0 Å². The van der Waals surface area contributed by atoms with Gasteiger partial charge >= 0.3 is 17.8 Å². The monoisotopic (exact) mass is 710 g/mol. The number of aliphatic carboxylic acids is 1. The molecule has 0 aliphatic carbocycles. The number of aliphatic hydroxyl groups is 4. The van der Waals surface area contributed by atoms with Crippen molar-refractivity contribution in [3.63, 3.8) is 0 Å². The number of nitrogens with zero attached hydrogens (tertiary/aromatic N) is 4. The van der Waals surface area contributed by atoms with E-state index in [0.717, 1.165) is 23.7 Å². The van der Waals surface area contributed by atoms with Crippen molar-refractivity contribution in [2.24, 2.45) is 0 Å². The van der Waals surface area contributed by atoms with Crippen molar-refractivity contribution in [1.82, 2.24) is 25.3 Å². The molecule has 1 saturated heterocycles. The van der Waals surface area contributed by atoms with Gasteiger partial charge in [0.2, 0.25) is 11.8 Å². The van der Waals surface area contributed by atoms with Crippen LogP contribution in [0.1, 0.15) is 44.9 Å². The summed E-state index contributed by atoms with van der Waals surface area (Å²) in [4.78, 5) is 40.5. The highest BCUT2D eigenvalue weighted by molar-refractivity contribution is 5.84. The third-order valence-corrected chi connectivity index (χ3v) is 7.19. The molecule has 0 radical (unpaired) electrons. The molecule has 20 heteroatoms. The fourth-order valence-corrected chi connectivity index (χ4v) is 4.90. The predicted octanol–water partition coefficient (Wildman–Crippen LogP) is 0.664. The van der Waals surface area contributed by atoms with E-state index in [-0.39, 0.29) is 24.1 Å². The molecule has 3 aromatic rings. The summed E-state index contributed by atoms with van der Waals surface area (Å²) in [6.07, 6.45) is -10.1. The SMILES string of the molecule is CC(=O)N[C@H]1[C@H]([C@H](O)[C@H](O)CO)O[C@@](Oc2ccc(-n3cc(COC(=O)Nc4ccc(OC(C)C)nc4)nn3)cc2C(F)F)(C(=O)O)C[C@@H]1O. The summed E-state index contributed by atoms with van der Waals surface area (Å²) in [5, 5.41) is 63.3. The van der Waals surface area contributed by atoms with Gasteiger partial charge in [0, 0.05) is 13.0 Å². The number of aromatic nitrogens is 4. The summed E-state index contributed by atoms with van der Waals surface area (Å²) < 4.78 is 51.3. The van der Waals surface area contributed by atoms with E-state index in [9.17, 15) is 48.7 Å². The Morgan fingerprint density at radius 3 is 2.52 bits per heavy atom. The van der Waals surface area contributed by atoms with Gasteiger partial charge in [0.1, 0.15) is 36.4 Å². The minimum Gasteiger partial charge on any atom is -0.476 e. The fraction of sp³-hybridized carbons (Fsp3) is 0.467. The van der Waals surface area contributed by atoms with E-state index in [1.54, 1.807) is 12.1 Å². The zero-order valence-electron chi connectivity index (χ0n) is 26.8. The number of carboxylic acid groups (broad SMARTS) is 1. The first kappa shape index (κ1) is 37.8. The van der Waals surface area contributed by atoms with E-state index < -0.39 is 85.0 Å². The second-order valence-electron chi connectivity index (χ2n) is 11.4. The molecule has 0 saturated carbocycles. The summed E-state index contributed by atoms with van der Waals surface area (Å²) in [5.74, 6) is -5.83. The number of hydrogen-bond donors (Lipinski definition) is 7. The second-order valence-corrected chi connectivity index (χ2v) is 11.4. The smallest absolute Gasteiger partial charge is 0.412 e. The number of rotatable bonds is 14. The summed E-state index contributed by atoms with van der Waals surface area (Å²) in [6, 6.07) is 4.77. The molecule has 0 unspecified atom stereocenters. The lowest BCUT2D eigenvalue weighted by atomic mass is 9.88. The lowest BCUT2D eigenvalue weighted by Crippen LogP contribution is -2.68. The number of benzene rings is 1. The van der Waals surface area contributed by atoms with Crippen LogP contribution in [-0.4, -0.2) is 112 Å². The molecule has 7 N–H and O–H groups in total. The Morgan fingerprint density at radius 2 is 1.92 bits per heavy atom. The maximum Gasteiger partial charge on any atom is 0.412 e. The van der Waals surface area contributed by atoms with Crippen LogP contribution in [0.15, 0.2) is 42.7 Å². The number of carboxylic acids is 1. The summed E-state index contributed by atoms with van der Waals surface area (Å²) in [6.45, 7) is 3.38. The Labute approximate surface area is 282 Å². The second kappa shape index (κ2) is 16.1. The molecule has 1 aromatic carbocycles. The molecule has 50 heavy (non-hydrogen) atoms. The number of aliphatic hydroxyl groups excluding tert-OH is 4. The van der Waals surface area contributed by atoms with Crippen LogP contribution in [0.3, 0.4) is 0 Å². The molecule has 1 aliphatic rings. The number of amides is 2. The van der Waals surface area contributed by atoms with E-state index in [2.05, 4.69) is 25.9 Å². The number of nitrogens with one attached hydrogen (secondary N) is 2. The van der Waals surface area contributed by atoms with Crippen molar-refractivity contribution in [1.29, 1.82) is 0 Å². The maximum absolute atomic E-state index is 14.3. The largest absolute Gasteiger partial charge is 0.476 e. The molecule has 2 aromatic heterocycles. The van der Waals surface area contributed by atoms with Crippen LogP contribution < -0.4 is 20.1 Å². The topological polar surface area (TPSA) is 257 Å². The van der Waals surface area contributed by atoms with Gasteiger partial charge in [-0.3, -0.25) is 10.1 Å². The molecule has 1 aliphatic heterocycles. The molecule has 6 atom stereocenters. The van der Waals surface area contributed by atoms with Gasteiger partial charge in [-0.2, -0.15) is 0 Å². The Morgan fingerprint density at radius 1 is 1.18 bits per heavy atom. The first-order chi connectivity index (χ1) is 23.6. The first-order valence-corrected chi connectivity index (χ1v) is 15.0. The van der Waals surface area contributed by atoms with Gasteiger partial charge in [-0.15, -0.1) is 5.10 Å². The van der Waals surface area contributed by atoms with Crippen molar-refractivity contribution in [3.05, 3.63) is 54.0 Å². The summed E-state index contributed by atoms with van der Waals surface area (Å²) >= 11 is 0. The number of carbonyl (C=O) groups is 3. The third-order valence-electron chi connectivity index (χ3n) is 7.19. The number of halogens is 2. The fourth-order valence-electron chi connectivity index (χ4n) is 4.90. The third kappa shape index (κ3) is 9.15. The van der Waals surface area contributed by atoms with E-state index in [4.69, 9.17) is 18.9 Å². The number of hydrogen-bond acceptors (Lipinski definition) is 14. The van der Waals surface area contributed by atoms with Gasteiger partial charge in [0.25, 0.3) is 6.43 Å². The molecule has 2 amide bonds. The highest BCUT2D eigenvalue weighted by Crippen LogP contribution is 2.39. The van der Waals surface area contributed by atoms with Gasteiger partial charge in [-0.1, -0.05) is 5.21 Å². The average Bonchev–Trinajstić information content (AvgIpc) is 3.54. The number of ether oxygens (including phenoxy) is 4. The molecule has 3 heterocycles. The quantitative estimate of drug-likeness (QED) is 0.121. The molecule has 4 rings (SSSR count). The molecule has 18 nitrogen and oxygen atoms in total. The standard InChI is InChI=1S/C30H36F2N6O12/c1-14(2)48-23-7-4-16(10-33-23)35-29(46)47-13-17-11-38(37-36-17)18-5-6-22(19(8-18)27(31)32)49-30(28(44)45)9-20(41)24(34-15(3)40)26(50-30)25(43)21(42)12-39/h4-8,10-11,14,20-21,24-27,39,41-43H,9,12-13H2,1-3H3,(H,34,40)(H,35,46)(H,44,45)/t20-,21+,24+,25+,26+,30+/m0/s1. The number of carbonyl (C=O) groups excluding carboxylic acids is 2. The van der Waals surface area contributed by atoms with E-state index >= 15 is 0 Å². The van der Waals surface area contributed by atoms with Crippen LogP contribution in [0.4, 0.5) is 19.3 Å². The highest BCUT2D eigenvalue weighted by atomic mass is 19.3. The van der Waals surface area contributed by atoms with Gasteiger partial charge in [0.05, 0.1) is 60.6 Å². The van der Waals surface area contributed by atoms with Crippen molar-refractivity contribution in [2.75, 3.05) is 11.9 Å². The predicted molar refractivity (Wildman–Crippen MR) is 163 cm³/mol.